The monoisotopic (exact) mass is 277 g/mol. The molecule has 0 aliphatic heterocycles. The van der Waals surface area contributed by atoms with Crippen molar-refractivity contribution in [2.24, 2.45) is 17.1 Å². The van der Waals surface area contributed by atoms with E-state index >= 15 is 0 Å². The standard InChI is InChI=1S/C16H27N3O/c1-11-6-9-16(17,10-7-11)14-18-13(20-19-14)12-5-4-8-15(12,2)3/h11-12H,4-10,17H2,1-3H3. The lowest BCUT2D eigenvalue weighted by Crippen LogP contribution is -2.41. The van der Waals surface area contributed by atoms with Gasteiger partial charge in [0.25, 0.3) is 0 Å². The molecular weight excluding hydrogens is 250 g/mol. The fourth-order valence-electron chi connectivity index (χ4n) is 3.86. The first-order chi connectivity index (χ1) is 9.41. The van der Waals surface area contributed by atoms with Gasteiger partial charge in [-0.25, -0.2) is 0 Å². The molecule has 0 saturated heterocycles. The third-order valence-electron chi connectivity index (χ3n) is 5.61. The first kappa shape index (κ1) is 14.1. The summed E-state index contributed by atoms with van der Waals surface area (Å²) in [6.07, 6.45) is 7.91. The molecular formula is C16H27N3O. The second-order valence-corrected chi connectivity index (χ2v) is 7.73. The number of nitrogens with two attached hydrogens (primary N) is 1. The van der Waals surface area contributed by atoms with E-state index in [9.17, 15) is 0 Å². The van der Waals surface area contributed by atoms with Crippen molar-refractivity contribution >= 4 is 0 Å². The van der Waals surface area contributed by atoms with Gasteiger partial charge < -0.3 is 10.3 Å². The fraction of sp³-hybridized carbons (Fsp3) is 0.875. The van der Waals surface area contributed by atoms with Crippen LogP contribution in [-0.2, 0) is 5.54 Å². The fourth-order valence-corrected chi connectivity index (χ4v) is 3.86. The maximum atomic E-state index is 6.54. The number of hydrogen-bond acceptors (Lipinski definition) is 4. The molecule has 2 saturated carbocycles. The van der Waals surface area contributed by atoms with Crippen LogP contribution in [0, 0.1) is 11.3 Å². The van der Waals surface area contributed by atoms with Gasteiger partial charge in [0.05, 0.1) is 5.54 Å². The second kappa shape index (κ2) is 4.83. The Labute approximate surface area is 121 Å². The lowest BCUT2D eigenvalue weighted by molar-refractivity contribution is 0.227. The molecule has 112 valence electrons. The normalized spacial score (nSPS) is 37.2. The molecule has 0 bridgehead atoms. The molecule has 2 N–H and O–H groups in total. The van der Waals surface area contributed by atoms with Gasteiger partial charge in [0, 0.05) is 5.92 Å². The topological polar surface area (TPSA) is 64.9 Å². The second-order valence-electron chi connectivity index (χ2n) is 7.73. The summed E-state index contributed by atoms with van der Waals surface area (Å²) in [6.45, 7) is 6.90. The van der Waals surface area contributed by atoms with E-state index in [2.05, 4.69) is 25.9 Å². The van der Waals surface area contributed by atoms with Gasteiger partial charge >= 0.3 is 0 Å². The molecule has 1 atom stereocenters. The van der Waals surface area contributed by atoms with Crippen LogP contribution in [0.5, 0.6) is 0 Å². The summed E-state index contributed by atoms with van der Waals surface area (Å²) in [5.41, 5.74) is 6.44. The minimum Gasteiger partial charge on any atom is -0.339 e. The number of rotatable bonds is 2. The minimum absolute atomic E-state index is 0.270. The van der Waals surface area contributed by atoms with Crippen LogP contribution in [0.2, 0.25) is 0 Å². The van der Waals surface area contributed by atoms with Crippen LogP contribution in [-0.4, -0.2) is 10.1 Å². The molecule has 0 spiro atoms. The molecule has 4 nitrogen and oxygen atoms in total. The van der Waals surface area contributed by atoms with Gasteiger partial charge in [0.15, 0.2) is 5.82 Å². The van der Waals surface area contributed by atoms with Gasteiger partial charge in [-0.2, -0.15) is 4.98 Å². The van der Waals surface area contributed by atoms with Gasteiger partial charge in [-0.15, -0.1) is 0 Å². The first-order valence-electron chi connectivity index (χ1n) is 8.04. The Kier molecular flexibility index (Phi) is 3.39. The van der Waals surface area contributed by atoms with Crippen LogP contribution >= 0.6 is 0 Å². The molecule has 1 unspecified atom stereocenters. The van der Waals surface area contributed by atoms with Gasteiger partial charge in [0.1, 0.15) is 0 Å². The molecule has 0 radical (unpaired) electrons. The van der Waals surface area contributed by atoms with Crippen LogP contribution in [0.15, 0.2) is 4.52 Å². The predicted octanol–water partition coefficient (Wildman–Crippen LogP) is 3.73. The van der Waals surface area contributed by atoms with Crippen molar-refractivity contribution in [3.63, 3.8) is 0 Å². The highest BCUT2D eigenvalue weighted by Gasteiger charge is 2.41. The molecule has 3 rings (SSSR count). The van der Waals surface area contributed by atoms with Crippen molar-refractivity contribution in [3.05, 3.63) is 11.7 Å². The van der Waals surface area contributed by atoms with E-state index in [1.807, 2.05) is 0 Å². The highest BCUT2D eigenvalue weighted by Crippen LogP contribution is 2.48. The zero-order valence-corrected chi connectivity index (χ0v) is 13.0. The summed E-state index contributed by atoms with van der Waals surface area (Å²) in [4.78, 5) is 4.71. The summed E-state index contributed by atoms with van der Waals surface area (Å²) >= 11 is 0. The van der Waals surface area contributed by atoms with E-state index in [1.54, 1.807) is 0 Å². The van der Waals surface area contributed by atoms with E-state index in [4.69, 9.17) is 15.2 Å². The highest BCUT2D eigenvalue weighted by molar-refractivity contribution is 5.10. The molecule has 2 aliphatic rings. The minimum atomic E-state index is -0.364. The molecule has 20 heavy (non-hydrogen) atoms. The average molecular weight is 277 g/mol. The van der Waals surface area contributed by atoms with Crippen LogP contribution in [0.4, 0.5) is 0 Å². The molecule has 2 fully saturated rings. The van der Waals surface area contributed by atoms with Crippen molar-refractivity contribution in [2.75, 3.05) is 0 Å². The predicted molar refractivity (Wildman–Crippen MR) is 78.2 cm³/mol. The van der Waals surface area contributed by atoms with Crippen molar-refractivity contribution in [1.29, 1.82) is 0 Å². The van der Waals surface area contributed by atoms with E-state index < -0.39 is 0 Å². The summed E-state index contributed by atoms with van der Waals surface area (Å²) in [5.74, 6) is 2.72. The molecule has 1 aromatic heterocycles. The Bertz CT molecular complexity index is 472. The SMILES string of the molecule is CC1CCC(N)(c2noc(C3CCCC3(C)C)n2)CC1. The number of nitrogens with zero attached hydrogens (tertiary/aromatic N) is 2. The lowest BCUT2D eigenvalue weighted by atomic mass is 9.77. The van der Waals surface area contributed by atoms with E-state index in [1.165, 1.54) is 12.8 Å². The van der Waals surface area contributed by atoms with Crippen LogP contribution < -0.4 is 5.73 Å². The smallest absolute Gasteiger partial charge is 0.230 e. The van der Waals surface area contributed by atoms with Crippen LogP contribution in [0.3, 0.4) is 0 Å². The summed E-state index contributed by atoms with van der Waals surface area (Å²) in [7, 11) is 0. The Balaban J connectivity index is 1.80. The number of hydrogen-bond donors (Lipinski definition) is 1. The van der Waals surface area contributed by atoms with Crippen molar-refractivity contribution in [1.82, 2.24) is 10.1 Å². The van der Waals surface area contributed by atoms with Gasteiger partial charge in [-0.3, -0.25) is 0 Å². The Hall–Kier alpha value is -0.900. The van der Waals surface area contributed by atoms with Crippen molar-refractivity contribution in [2.45, 2.75) is 77.2 Å². The largest absolute Gasteiger partial charge is 0.339 e. The molecule has 4 heteroatoms. The molecule has 0 aromatic carbocycles. The summed E-state index contributed by atoms with van der Waals surface area (Å²) < 4.78 is 5.59. The van der Waals surface area contributed by atoms with E-state index in [0.717, 1.165) is 49.7 Å². The molecule has 1 heterocycles. The Morgan fingerprint density at radius 3 is 2.45 bits per heavy atom. The Morgan fingerprint density at radius 1 is 1.15 bits per heavy atom. The Morgan fingerprint density at radius 2 is 1.85 bits per heavy atom. The highest BCUT2D eigenvalue weighted by atomic mass is 16.5. The zero-order valence-electron chi connectivity index (χ0n) is 13.0. The maximum Gasteiger partial charge on any atom is 0.230 e. The van der Waals surface area contributed by atoms with E-state index in [0.29, 0.717) is 5.92 Å². The van der Waals surface area contributed by atoms with Crippen LogP contribution in [0.1, 0.15) is 83.3 Å². The van der Waals surface area contributed by atoms with Crippen LogP contribution in [0.25, 0.3) is 0 Å². The molecule has 2 aliphatic carbocycles. The maximum absolute atomic E-state index is 6.54. The number of aromatic nitrogens is 2. The van der Waals surface area contributed by atoms with E-state index in [-0.39, 0.29) is 11.0 Å². The quantitative estimate of drug-likeness (QED) is 0.894. The molecule has 0 amide bonds. The van der Waals surface area contributed by atoms with Crippen molar-refractivity contribution < 1.29 is 4.52 Å². The summed E-state index contributed by atoms with van der Waals surface area (Å²) in [6, 6.07) is 0. The third kappa shape index (κ3) is 2.39. The average Bonchev–Trinajstić information content (AvgIpc) is 2.99. The van der Waals surface area contributed by atoms with Gasteiger partial charge in [-0.1, -0.05) is 32.3 Å². The van der Waals surface area contributed by atoms with Gasteiger partial charge in [-0.05, 0) is 49.9 Å². The third-order valence-corrected chi connectivity index (χ3v) is 5.61. The summed E-state index contributed by atoms with van der Waals surface area (Å²) in [5, 5.41) is 4.24. The molecule has 1 aromatic rings. The van der Waals surface area contributed by atoms with Crippen molar-refractivity contribution in [3.8, 4) is 0 Å². The van der Waals surface area contributed by atoms with Gasteiger partial charge in [0.2, 0.25) is 5.89 Å². The lowest BCUT2D eigenvalue weighted by Gasteiger charge is -2.33. The first-order valence-corrected chi connectivity index (χ1v) is 8.04. The zero-order chi connectivity index (χ0) is 14.4.